The molecular formula is C23H20N4O2S. The Morgan fingerprint density at radius 2 is 2.03 bits per heavy atom. The van der Waals surface area contributed by atoms with Crippen molar-refractivity contribution in [3.63, 3.8) is 0 Å². The zero-order valence-electron chi connectivity index (χ0n) is 16.2. The van der Waals surface area contributed by atoms with Crippen molar-refractivity contribution >= 4 is 51.8 Å². The molecule has 4 rings (SSSR count). The van der Waals surface area contributed by atoms with Crippen LogP contribution in [0.1, 0.15) is 40.2 Å². The summed E-state index contributed by atoms with van der Waals surface area (Å²) in [4.78, 5) is 29.1. The third-order valence-electron chi connectivity index (χ3n) is 4.60. The minimum Gasteiger partial charge on any atom is -0.326 e. The van der Waals surface area contributed by atoms with Crippen LogP contribution in [-0.2, 0) is 4.79 Å². The lowest BCUT2D eigenvalue weighted by atomic mass is 10.1. The number of anilines is 1. The van der Waals surface area contributed by atoms with Crippen LogP contribution in [0.5, 0.6) is 0 Å². The second-order valence-corrected chi connectivity index (χ2v) is 7.74. The predicted octanol–water partition coefficient (Wildman–Crippen LogP) is 5.18. The molecule has 0 radical (unpaired) electrons. The third-order valence-corrected chi connectivity index (χ3v) is 5.51. The molecular weight excluding hydrogens is 396 g/mol. The maximum absolute atomic E-state index is 12.3. The first-order valence-corrected chi connectivity index (χ1v) is 10.5. The highest BCUT2D eigenvalue weighted by Crippen LogP contribution is 2.22. The number of Topliss-reactive ketones (excluding diaryl/α,β-unsaturated/α-hetero) is 1. The van der Waals surface area contributed by atoms with Gasteiger partial charge >= 0.3 is 0 Å². The molecule has 0 bridgehead atoms. The van der Waals surface area contributed by atoms with Crippen LogP contribution in [0.25, 0.3) is 23.1 Å². The summed E-state index contributed by atoms with van der Waals surface area (Å²) in [5.41, 5.74) is 3.36. The van der Waals surface area contributed by atoms with Crippen molar-refractivity contribution in [1.29, 1.82) is 0 Å². The Balaban J connectivity index is 1.37. The van der Waals surface area contributed by atoms with Crippen LogP contribution in [0.15, 0.2) is 60.2 Å². The van der Waals surface area contributed by atoms with Crippen molar-refractivity contribution in [2.24, 2.45) is 0 Å². The Morgan fingerprint density at radius 3 is 2.83 bits per heavy atom. The van der Waals surface area contributed by atoms with Gasteiger partial charge in [-0.25, -0.2) is 0 Å². The Morgan fingerprint density at radius 1 is 1.10 bits per heavy atom. The molecule has 3 aromatic heterocycles. The van der Waals surface area contributed by atoms with E-state index in [4.69, 9.17) is 0 Å². The molecule has 0 aliphatic heterocycles. The summed E-state index contributed by atoms with van der Waals surface area (Å²) in [7, 11) is 0. The van der Waals surface area contributed by atoms with Gasteiger partial charge in [0.2, 0.25) is 5.91 Å². The lowest BCUT2D eigenvalue weighted by molar-refractivity contribution is -0.116. The third kappa shape index (κ3) is 4.87. The van der Waals surface area contributed by atoms with Crippen LogP contribution in [0.2, 0.25) is 0 Å². The highest BCUT2D eigenvalue weighted by molar-refractivity contribution is 7.12. The van der Waals surface area contributed by atoms with Crippen molar-refractivity contribution in [3.05, 3.63) is 76.4 Å². The quantitative estimate of drug-likeness (QED) is 0.387. The summed E-state index contributed by atoms with van der Waals surface area (Å²) in [6.45, 7) is 0. The van der Waals surface area contributed by atoms with E-state index in [2.05, 4.69) is 20.5 Å². The van der Waals surface area contributed by atoms with Gasteiger partial charge in [0.05, 0.1) is 16.1 Å². The lowest BCUT2D eigenvalue weighted by Gasteiger charge is -2.05. The zero-order valence-corrected chi connectivity index (χ0v) is 17.0. The maximum atomic E-state index is 12.3. The number of nitrogens with one attached hydrogen (secondary N) is 2. The molecule has 0 atom stereocenters. The fraction of sp³-hybridized carbons (Fsp3) is 0.130. The first kappa shape index (κ1) is 19.7. The number of aromatic nitrogens is 3. The van der Waals surface area contributed by atoms with Gasteiger partial charge in [-0.05, 0) is 53.8 Å². The predicted molar refractivity (Wildman–Crippen MR) is 120 cm³/mol. The largest absolute Gasteiger partial charge is 0.326 e. The molecule has 1 aromatic carbocycles. The van der Waals surface area contributed by atoms with Gasteiger partial charge in [-0.3, -0.25) is 19.7 Å². The number of H-pyrrole nitrogens is 1. The van der Waals surface area contributed by atoms with Crippen molar-refractivity contribution in [2.75, 3.05) is 5.32 Å². The Hall–Kier alpha value is -3.58. The molecule has 30 heavy (non-hydrogen) atoms. The molecule has 0 aliphatic rings. The van der Waals surface area contributed by atoms with E-state index in [9.17, 15) is 9.59 Å². The van der Waals surface area contributed by atoms with Gasteiger partial charge in [0.1, 0.15) is 0 Å². The number of rotatable bonds is 8. The molecule has 0 unspecified atom stereocenters. The number of ketones is 1. The second-order valence-electron chi connectivity index (χ2n) is 6.79. The standard InChI is InChI=1S/C23H20N4O2S/c28-21(22-6-3-13-30-22)5-1-7-23(29)25-17-9-11-20-18(14-17)19(26-27-20)10-8-16-4-2-12-24-15-16/h2-4,6,8-15H,1,5,7H2,(H,25,29)(H,26,27). The maximum Gasteiger partial charge on any atom is 0.224 e. The number of benzene rings is 1. The highest BCUT2D eigenvalue weighted by Gasteiger charge is 2.10. The molecule has 6 nitrogen and oxygen atoms in total. The number of fused-ring (bicyclic) bond motifs is 1. The average Bonchev–Trinajstić information content (AvgIpc) is 3.43. The number of pyridine rings is 1. The minimum atomic E-state index is -0.107. The van der Waals surface area contributed by atoms with E-state index in [0.717, 1.165) is 27.0 Å². The first-order valence-electron chi connectivity index (χ1n) is 9.62. The summed E-state index contributed by atoms with van der Waals surface area (Å²) < 4.78 is 0. The average molecular weight is 417 g/mol. The Labute approximate surface area is 177 Å². The van der Waals surface area contributed by atoms with E-state index >= 15 is 0 Å². The molecule has 0 saturated heterocycles. The number of amides is 1. The number of aromatic amines is 1. The fourth-order valence-corrected chi connectivity index (χ4v) is 3.78. The van der Waals surface area contributed by atoms with Crippen molar-refractivity contribution < 1.29 is 9.59 Å². The van der Waals surface area contributed by atoms with E-state index in [1.165, 1.54) is 11.3 Å². The monoisotopic (exact) mass is 416 g/mol. The second kappa shape index (κ2) is 9.28. The molecule has 4 aromatic rings. The van der Waals surface area contributed by atoms with E-state index in [-0.39, 0.29) is 11.7 Å². The van der Waals surface area contributed by atoms with Gasteiger partial charge < -0.3 is 5.32 Å². The number of carbonyl (C=O) groups excluding carboxylic acids is 2. The fourth-order valence-electron chi connectivity index (χ4n) is 3.08. The van der Waals surface area contributed by atoms with Crippen LogP contribution in [0.3, 0.4) is 0 Å². The minimum absolute atomic E-state index is 0.0858. The van der Waals surface area contributed by atoms with Crippen molar-refractivity contribution in [3.8, 4) is 0 Å². The first-order chi connectivity index (χ1) is 14.7. The zero-order chi connectivity index (χ0) is 20.8. The number of hydrogen-bond donors (Lipinski definition) is 2. The molecule has 0 spiro atoms. The molecule has 0 aliphatic carbocycles. The van der Waals surface area contributed by atoms with E-state index in [0.29, 0.717) is 24.9 Å². The summed E-state index contributed by atoms with van der Waals surface area (Å²) >= 11 is 1.43. The van der Waals surface area contributed by atoms with Gasteiger partial charge in [0.25, 0.3) is 0 Å². The molecule has 3 heterocycles. The SMILES string of the molecule is O=C(CCCC(=O)c1cccs1)Nc1ccc2[nH]nc(C=Cc3cccnc3)c2c1. The van der Waals surface area contributed by atoms with Crippen LogP contribution < -0.4 is 5.32 Å². The Bertz CT molecular complexity index is 1180. The number of nitrogens with zero attached hydrogens (tertiary/aromatic N) is 2. The van der Waals surface area contributed by atoms with Gasteiger partial charge in [0, 0.05) is 36.3 Å². The topological polar surface area (TPSA) is 87.7 Å². The normalized spacial score (nSPS) is 11.2. The molecule has 150 valence electrons. The Kier molecular flexibility index (Phi) is 6.10. The molecule has 2 N–H and O–H groups in total. The van der Waals surface area contributed by atoms with Gasteiger partial charge in [-0.2, -0.15) is 5.10 Å². The number of hydrogen-bond acceptors (Lipinski definition) is 5. The van der Waals surface area contributed by atoms with Crippen LogP contribution >= 0.6 is 11.3 Å². The summed E-state index contributed by atoms with van der Waals surface area (Å²) in [5, 5.41) is 13.1. The summed E-state index contributed by atoms with van der Waals surface area (Å²) in [5.74, 6) is -0.0214. The molecule has 0 saturated carbocycles. The molecule has 1 amide bonds. The van der Waals surface area contributed by atoms with Crippen LogP contribution in [0, 0.1) is 0 Å². The van der Waals surface area contributed by atoms with Gasteiger partial charge in [-0.1, -0.05) is 18.2 Å². The molecule has 7 heteroatoms. The van der Waals surface area contributed by atoms with E-state index < -0.39 is 0 Å². The van der Waals surface area contributed by atoms with E-state index in [1.54, 1.807) is 12.4 Å². The van der Waals surface area contributed by atoms with Crippen molar-refractivity contribution in [1.82, 2.24) is 15.2 Å². The van der Waals surface area contributed by atoms with Gasteiger partial charge in [-0.15, -0.1) is 11.3 Å². The van der Waals surface area contributed by atoms with Crippen LogP contribution in [-0.4, -0.2) is 26.9 Å². The van der Waals surface area contributed by atoms with Crippen LogP contribution in [0.4, 0.5) is 5.69 Å². The van der Waals surface area contributed by atoms with Gasteiger partial charge in [0.15, 0.2) is 5.78 Å². The molecule has 0 fully saturated rings. The number of carbonyl (C=O) groups is 2. The van der Waals surface area contributed by atoms with E-state index in [1.807, 2.05) is 60.0 Å². The smallest absolute Gasteiger partial charge is 0.224 e. The lowest BCUT2D eigenvalue weighted by Crippen LogP contribution is -2.11. The summed E-state index contributed by atoms with van der Waals surface area (Å²) in [6.07, 6.45) is 8.56. The number of thiophene rings is 1. The van der Waals surface area contributed by atoms with Crippen molar-refractivity contribution in [2.45, 2.75) is 19.3 Å². The highest BCUT2D eigenvalue weighted by atomic mass is 32.1. The summed E-state index contributed by atoms with van der Waals surface area (Å²) in [6, 6.07) is 13.1.